The van der Waals surface area contributed by atoms with Crippen molar-refractivity contribution in [1.29, 1.82) is 0 Å². The first-order chi connectivity index (χ1) is 12.5. The Morgan fingerprint density at radius 2 is 1.77 bits per heavy atom. The van der Waals surface area contributed by atoms with Gasteiger partial charge in [-0.1, -0.05) is 35.3 Å². The zero-order valence-corrected chi connectivity index (χ0v) is 15.4. The Balaban J connectivity index is 1.79. The topological polar surface area (TPSA) is 71.2 Å². The van der Waals surface area contributed by atoms with Gasteiger partial charge in [0, 0.05) is 27.4 Å². The Hall–Kier alpha value is -2.50. The van der Waals surface area contributed by atoms with E-state index in [0.29, 0.717) is 22.2 Å². The summed E-state index contributed by atoms with van der Waals surface area (Å²) in [4.78, 5) is 27.7. The fourth-order valence-electron chi connectivity index (χ4n) is 2.65. The van der Waals surface area contributed by atoms with Crippen molar-refractivity contribution in [2.45, 2.75) is 12.5 Å². The van der Waals surface area contributed by atoms with Crippen LogP contribution in [0.5, 0.6) is 0 Å². The number of carbonyl (C=O) groups excluding carboxylic acids is 2. The van der Waals surface area contributed by atoms with Crippen LogP contribution in [0.15, 0.2) is 48.5 Å². The van der Waals surface area contributed by atoms with Crippen molar-refractivity contribution in [3.05, 3.63) is 69.8 Å². The molecule has 0 saturated carbocycles. The van der Waals surface area contributed by atoms with Crippen LogP contribution < -0.4 is 5.32 Å². The molecule has 0 saturated heterocycles. The van der Waals surface area contributed by atoms with Crippen molar-refractivity contribution in [2.75, 3.05) is 7.11 Å². The van der Waals surface area contributed by atoms with E-state index < -0.39 is 17.9 Å². The van der Waals surface area contributed by atoms with E-state index in [-0.39, 0.29) is 0 Å². The summed E-state index contributed by atoms with van der Waals surface area (Å²) in [6.45, 7) is 0. The van der Waals surface area contributed by atoms with E-state index >= 15 is 0 Å². The Bertz CT molecular complexity index is 951. The van der Waals surface area contributed by atoms with Crippen molar-refractivity contribution in [3.8, 4) is 0 Å². The number of nitrogens with one attached hydrogen (secondary N) is 2. The smallest absolute Gasteiger partial charge is 0.328 e. The molecule has 7 heteroatoms. The SMILES string of the molecule is COC(=O)[C@H](Cc1ccc(Cl)cc1)NC(=O)c1cc2cc(Cl)ccc2[nH]1. The largest absolute Gasteiger partial charge is 0.467 e. The highest BCUT2D eigenvalue weighted by Gasteiger charge is 2.23. The molecule has 5 nitrogen and oxygen atoms in total. The van der Waals surface area contributed by atoms with E-state index in [9.17, 15) is 9.59 Å². The first-order valence-electron chi connectivity index (χ1n) is 7.87. The second kappa shape index (κ2) is 7.81. The predicted octanol–water partition coefficient (Wildman–Crippen LogP) is 3.99. The monoisotopic (exact) mass is 390 g/mol. The molecule has 2 N–H and O–H groups in total. The maximum Gasteiger partial charge on any atom is 0.328 e. The fourth-order valence-corrected chi connectivity index (χ4v) is 2.96. The summed E-state index contributed by atoms with van der Waals surface area (Å²) in [6, 6.07) is 13.2. The highest BCUT2D eigenvalue weighted by Crippen LogP contribution is 2.20. The molecule has 0 spiro atoms. The second-order valence-corrected chi connectivity index (χ2v) is 6.67. The Morgan fingerprint density at radius 1 is 1.08 bits per heavy atom. The number of fused-ring (bicyclic) bond motifs is 1. The van der Waals surface area contributed by atoms with E-state index in [1.165, 1.54) is 7.11 Å². The van der Waals surface area contributed by atoms with Crippen LogP contribution in [-0.4, -0.2) is 30.0 Å². The quantitative estimate of drug-likeness (QED) is 0.647. The molecule has 1 amide bonds. The number of carbonyl (C=O) groups is 2. The standard InChI is InChI=1S/C19H16Cl2N2O3/c1-26-19(25)17(8-11-2-4-13(20)5-3-11)23-18(24)16-10-12-9-14(21)6-7-15(12)22-16/h2-7,9-10,17,22H,8H2,1H3,(H,23,24)/t17-/m0/s1. The predicted molar refractivity (Wildman–Crippen MR) is 102 cm³/mol. The van der Waals surface area contributed by atoms with Gasteiger partial charge in [-0.15, -0.1) is 0 Å². The van der Waals surface area contributed by atoms with Crippen LogP contribution in [0.2, 0.25) is 10.0 Å². The van der Waals surface area contributed by atoms with Gasteiger partial charge in [0.25, 0.3) is 5.91 Å². The molecule has 3 aromatic rings. The highest BCUT2D eigenvalue weighted by molar-refractivity contribution is 6.31. The second-order valence-electron chi connectivity index (χ2n) is 5.79. The van der Waals surface area contributed by atoms with E-state index in [1.54, 1.807) is 48.5 Å². The van der Waals surface area contributed by atoms with Gasteiger partial charge in [-0.3, -0.25) is 4.79 Å². The maximum absolute atomic E-state index is 12.6. The zero-order valence-electron chi connectivity index (χ0n) is 13.9. The number of aromatic amines is 1. The van der Waals surface area contributed by atoms with E-state index in [1.807, 2.05) is 0 Å². The minimum Gasteiger partial charge on any atom is -0.467 e. The van der Waals surface area contributed by atoms with Gasteiger partial charge in [-0.2, -0.15) is 0 Å². The third-order valence-corrected chi connectivity index (χ3v) is 4.46. The van der Waals surface area contributed by atoms with E-state index in [0.717, 1.165) is 16.5 Å². The Kier molecular flexibility index (Phi) is 5.49. The summed E-state index contributed by atoms with van der Waals surface area (Å²) in [5.74, 6) is -0.922. The molecule has 0 unspecified atom stereocenters. The molecule has 2 aromatic carbocycles. The summed E-state index contributed by atoms with van der Waals surface area (Å²) >= 11 is 11.8. The fraction of sp³-hybridized carbons (Fsp3) is 0.158. The molecule has 0 fully saturated rings. The van der Waals surface area contributed by atoms with Crippen LogP contribution in [0.3, 0.4) is 0 Å². The summed E-state index contributed by atoms with van der Waals surface area (Å²) in [6.07, 6.45) is 0.293. The normalized spacial score (nSPS) is 12.0. The van der Waals surface area contributed by atoms with Crippen LogP contribution in [0.25, 0.3) is 10.9 Å². The first-order valence-corrected chi connectivity index (χ1v) is 8.63. The van der Waals surface area contributed by atoms with Crippen LogP contribution in [-0.2, 0) is 16.0 Å². The van der Waals surface area contributed by atoms with Gasteiger partial charge in [0.15, 0.2) is 0 Å². The summed E-state index contributed by atoms with van der Waals surface area (Å²) in [5.41, 5.74) is 1.98. The van der Waals surface area contributed by atoms with Gasteiger partial charge in [-0.25, -0.2) is 4.79 Å². The number of esters is 1. The number of H-pyrrole nitrogens is 1. The van der Waals surface area contributed by atoms with Crippen molar-refractivity contribution in [2.24, 2.45) is 0 Å². The minimum absolute atomic E-state index is 0.293. The molecule has 0 aliphatic rings. The van der Waals surface area contributed by atoms with Gasteiger partial charge in [0.1, 0.15) is 11.7 Å². The number of methoxy groups -OCH3 is 1. The first kappa shape index (κ1) is 18.3. The lowest BCUT2D eigenvalue weighted by atomic mass is 10.1. The summed E-state index contributed by atoms with van der Waals surface area (Å²) in [7, 11) is 1.29. The molecule has 0 aliphatic heterocycles. The third kappa shape index (κ3) is 4.18. The lowest BCUT2D eigenvalue weighted by Crippen LogP contribution is -2.43. The molecule has 1 heterocycles. The molecule has 1 atom stereocenters. The number of amides is 1. The lowest BCUT2D eigenvalue weighted by molar-refractivity contribution is -0.142. The van der Waals surface area contributed by atoms with Gasteiger partial charge >= 0.3 is 5.97 Å². The number of halogens is 2. The molecule has 1 aromatic heterocycles. The minimum atomic E-state index is -0.816. The molecule has 134 valence electrons. The van der Waals surface area contributed by atoms with Crippen molar-refractivity contribution in [3.63, 3.8) is 0 Å². The number of rotatable bonds is 5. The Labute approximate surface area is 160 Å². The van der Waals surface area contributed by atoms with Crippen molar-refractivity contribution < 1.29 is 14.3 Å². The average molecular weight is 391 g/mol. The molecule has 0 aliphatic carbocycles. The van der Waals surface area contributed by atoms with Crippen LogP contribution in [0, 0.1) is 0 Å². The Morgan fingerprint density at radius 3 is 2.46 bits per heavy atom. The van der Waals surface area contributed by atoms with Gasteiger partial charge in [0.05, 0.1) is 7.11 Å². The molecule has 0 bridgehead atoms. The van der Waals surface area contributed by atoms with E-state index in [2.05, 4.69) is 10.3 Å². The van der Waals surface area contributed by atoms with Crippen LogP contribution in [0.1, 0.15) is 16.1 Å². The molecule has 3 rings (SSSR count). The highest BCUT2D eigenvalue weighted by atomic mass is 35.5. The van der Waals surface area contributed by atoms with E-state index in [4.69, 9.17) is 27.9 Å². The van der Waals surface area contributed by atoms with Crippen molar-refractivity contribution >= 4 is 46.0 Å². The van der Waals surface area contributed by atoms with Gasteiger partial charge in [0.2, 0.25) is 0 Å². The molecular formula is C19H16Cl2N2O3. The molecule has 26 heavy (non-hydrogen) atoms. The number of benzene rings is 2. The molecular weight excluding hydrogens is 375 g/mol. The number of aromatic nitrogens is 1. The number of hydrogen-bond donors (Lipinski definition) is 2. The van der Waals surface area contributed by atoms with Gasteiger partial charge < -0.3 is 15.0 Å². The number of ether oxygens (including phenoxy) is 1. The lowest BCUT2D eigenvalue weighted by Gasteiger charge is -2.16. The third-order valence-electron chi connectivity index (χ3n) is 3.97. The zero-order chi connectivity index (χ0) is 18.7. The van der Waals surface area contributed by atoms with Crippen molar-refractivity contribution in [1.82, 2.24) is 10.3 Å². The number of hydrogen-bond acceptors (Lipinski definition) is 3. The average Bonchev–Trinajstić information content (AvgIpc) is 3.05. The van der Waals surface area contributed by atoms with Crippen LogP contribution in [0.4, 0.5) is 0 Å². The van der Waals surface area contributed by atoms with Gasteiger partial charge in [-0.05, 0) is 42.0 Å². The maximum atomic E-state index is 12.6. The molecule has 0 radical (unpaired) electrons. The summed E-state index contributed by atoms with van der Waals surface area (Å²) in [5, 5.41) is 4.71. The summed E-state index contributed by atoms with van der Waals surface area (Å²) < 4.78 is 4.81. The van der Waals surface area contributed by atoms with Crippen LogP contribution >= 0.6 is 23.2 Å².